The number of aromatic nitrogens is 3. The maximum absolute atomic E-state index is 5.95. The largest absolute Gasteiger partial charge is 0.399 e. The lowest BCUT2D eigenvalue weighted by atomic mass is 10.1. The SMILES string of the molecule is Nc1ccnc(-c2cccc3cnc(Nc4ccc(N5CCNCC5)cc4)nc23)c1. The molecule has 2 aromatic carbocycles. The maximum atomic E-state index is 5.95. The predicted molar refractivity (Wildman–Crippen MR) is 122 cm³/mol. The van der Waals surface area contributed by atoms with E-state index in [1.54, 1.807) is 12.3 Å². The Hall–Kier alpha value is -3.71. The summed E-state index contributed by atoms with van der Waals surface area (Å²) >= 11 is 0. The first-order valence-corrected chi connectivity index (χ1v) is 10.1. The number of hydrogen-bond donors (Lipinski definition) is 3. The molecule has 0 saturated carbocycles. The summed E-state index contributed by atoms with van der Waals surface area (Å²) in [6, 6.07) is 18.0. The van der Waals surface area contributed by atoms with Gasteiger partial charge >= 0.3 is 0 Å². The molecule has 7 nitrogen and oxygen atoms in total. The van der Waals surface area contributed by atoms with Gasteiger partial charge in [-0.1, -0.05) is 18.2 Å². The van der Waals surface area contributed by atoms with E-state index < -0.39 is 0 Å². The fraction of sp³-hybridized carbons (Fsp3) is 0.174. The van der Waals surface area contributed by atoms with Crippen LogP contribution in [0.15, 0.2) is 67.0 Å². The number of rotatable bonds is 4. The molecule has 1 saturated heterocycles. The summed E-state index contributed by atoms with van der Waals surface area (Å²) in [5, 5.41) is 7.65. The number of benzene rings is 2. The summed E-state index contributed by atoms with van der Waals surface area (Å²) in [5.74, 6) is 0.550. The maximum Gasteiger partial charge on any atom is 0.227 e. The van der Waals surface area contributed by atoms with Crippen molar-refractivity contribution in [1.82, 2.24) is 20.3 Å². The monoisotopic (exact) mass is 397 g/mol. The summed E-state index contributed by atoms with van der Waals surface area (Å²) < 4.78 is 0. The second-order valence-corrected chi connectivity index (χ2v) is 7.32. The van der Waals surface area contributed by atoms with Crippen molar-refractivity contribution in [2.75, 3.05) is 42.1 Å². The minimum absolute atomic E-state index is 0.550. The number of nitrogens with zero attached hydrogens (tertiary/aromatic N) is 4. The molecule has 7 heteroatoms. The van der Waals surface area contributed by atoms with Crippen LogP contribution in [0.1, 0.15) is 0 Å². The minimum atomic E-state index is 0.550. The van der Waals surface area contributed by atoms with Gasteiger partial charge in [0.2, 0.25) is 5.95 Å². The van der Waals surface area contributed by atoms with Crippen molar-refractivity contribution in [3.8, 4) is 11.3 Å². The second-order valence-electron chi connectivity index (χ2n) is 7.32. The fourth-order valence-corrected chi connectivity index (χ4v) is 3.72. The highest BCUT2D eigenvalue weighted by molar-refractivity contribution is 5.93. The highest BCUT2D eigenvalue weighted by atomic mass is 15.2. The lowest BCUT2D eigenvalue weighted by Gasteiger charge is -2.29. The molecule has 0 aliphatic carbocycles. The van der Waals surface area contributed by atoms with Gasteiger partial charge < -0.3 is 21.3 Å². The van der Waals surface area contributed by atoms with Gasteiger partial charge in [-0.3, -0.25) is 4.98 Å². The van der Waals surface area contributed by atoms with Gasteiger partial charge in [0, 0.05) is 66.6 Å². The highest BCUT2D eigenvalue weighted by Gasteiger charge is 2.11. The van der Waals surface area contributed by atoms with Gasteiger partial charge in [0.1, 0.15) is 0 Å². The van der Waals surface area contributed by atoms with Crippen LogP contribution in [0.2, 0.25) is 0 Å². The molecule has 1 fully saturated rings. The summed E-state index contributed by atoms with van der Waals surface area (Å²) in [5.41, 5.74) is 11.4. The van der Waals surface area contributed by atoms with Crippen molar-refractivity contribution in [1.29, 1.82) is 0 Å². The molecular formula is C23H23N7. The molecule has 3 heterocycles. The van der Waals surface area contributed by atoms with E-state index in [1.807, 2.05) is 30.5 Å². The third kappa shape index (κ3) is 3.75. The molecule has 0 amide bonds. The van der Waals surface area contributed by atoms with E-state index in [1.165, 1.54) is 5.69 Å². The van der Waals surface area contributed by atoms with E-state index in [9.17, 15) is 0 Å². The van der Waals surface area contributed by atoms with Gasteiger partial charge in [-0.05, 0) is 36.4 Å². The Bertz CT molecular complexity index is 1170. The van der Waals surface area contributed by atoms with Crippen molar-refractivity contribution in [2.24, 2.45) is 0 Å². The van der Waals surface area contributed by atoms with Crippen LogP contribution < -0.4 is 21.3 Å². The number of para-hydroxylation sites is 1. The third-order valence-electron chi connectivity index (χ3n) is 5.28. The molecule has 4 N–H and O–H groups in total. The van der Waals surface area contributed by atoms with Crippen molar-refractivity contribution in [3.05, 3.63) is 67.0 Å². The Morgan fingerprint density at radius 3 is 2.60 bits per heavy atom. The van der Waals surface area contributed by atoms with E-state index in [2.05, 4.69) is 49.8 Å². The van der Waals surface area contributed by atoms with Crippen LogP contribution in [0.4, 0.5) is 23.0 Å². The number of pyridine rings is 1. The zero-order chi connectivity index (χ0) is 20.3. The smallest absolute Gasteiger partial charge is 0.227 e. The van der Waals surface area contributed by atoms with Gasteiger partial charge in [0.25, 0.3) is 0 Å². The number of hydrogen-bond acceptors (Lipinski definition) is 7. The first-order valence-electron chi connectivity index (χ1n) is 10.1. The van der Waals surface area contributed by atoms with Crippen molar-refractivity contribution in [3.63, 3.8) is 0 Å². The van der Waals surface area contributed by atoms with Gasteiger partial charge in [-0.2, -0.15) is 0 Å². The van der Waals surface area contributed by atoms with E-state index in [0.717, 1.165) is 54.0 Å². The Morgan fingerprint density at radius 1 is 0.967 bits per heavy atom. The lowest BCUT2D eigenvalue weighted by Crippen LogP contribution is -2.43. The molecule has 0 radical (unpaired) electrons. The second kappa shape index (κ2) is 7.96. The summed E-state index contributed by atoms with van der Waals surface area (Å²) in [4.78, 5) is 16.1. The standard InChI is InChI=1S/C23H23N7/c24-17-8-9-26-21(14-17)20-3-1-2-16-15-27-23(29-22(16)20)28-18-4-6-19(7-5-18)30-12-10-25-11-13-30/h1-9,14-15,25H,10-13H2,(H2,24,26)(H,27,28,29). The molecule has 4 aromatic rings. The van der Waals surface area contributed by atoms with Crippen LogP contribution in [-0.4, -0.2) is 41.1 Å². The van der Waals surface area contributed by atoms with Crippen LogP contribution in [0, 0.1) is 0 Å². The number of nitrogens with two attached hydrogens (primary N) is 1. The highest BCUT2D eigenvalue weighted by Crippen LogP contribution is 2.28. The van der Waals surface area contributed by atoms with E-state index >= 15 is 0 Å². The minimum Gasteiger partial charge on any atom is -0.399 e. The zero-order valence-electron chi connectivity index (χ0n) is 16.5. The van der Waals surface area contributed by atoms with E-state index in [4.69, 9.17) is 10.7 Å². The van der Waals surface area contributed by atoms with Crippen LogP contribution >= 0.6 is 0 Å². The van der Waals surface area contributed by atoms with Crippen LogP contribution in [-0.2, 0) is 0 Å². The number of nitrogen functional groups attached to an aromatic ring is 1. The van der Waals surface area contributed by atoms with Gasteiger partial charge in [0.05, 0.1) is 11.2 Å². The molecule has 0 unspecified atom stereocenters. The quantitative estimate of drug-likeness (QED) is 0.486. The molecule has 5 rings (SSSR count). The van der Waals surface area contributed by atoms with Crippen LogP contribution in [0.25, 0.3) is 22.2 Å². The summed E-state index contributed by atoms with van der Waals surface area (Å²) in [7, 11) is 0. The third-order valence-corrected chi connectivity index (χ3v) is 5.28. The van der Waals surface area contributed by atoms with E-state index in [-0.39, 0.29) is 0 Å². The van der Waals surface area contributed by atoms with Gasteiger partial charge in [-0.15, -0.1) is 0 Å². The zero-order valence-corrected chi connectivity index (χ0v) is 16.5. The van der Waals surface area contributed by atoms with Crippen molar-refractivity contribution in [2.45, 2.75) is 0 Å². The number of anilines is 4. The molecule has 2 aromatic heterocycles. The summed E-state index contributed by atoms with van der Waals surface area (Å²) in [6.07, 6.45) is 3.54. The molecule has 0 bridgehead atoms. The average Bonchev–Trinajstić information content (AvgIpc) is 2.80. The number of nitrogens with one attached hydrogen (secondary N) is 2. The Kier molecular flexibility index (Phi) is 4.86. The van der Waals surface area contributed by atoms with Gasteiger partial charge in [0.15, 0.2) is 0 Å². The molecular weight excluding hydrogens is 374 g/mol. The molecule has 30 heavy (non-hydrogen) atoms. The van der Waals surface area contributed by atoms with Gasteiger partial charge in [-0.25, -0.2) is 9.97 Å². The normalized spacial score (nSPS) is 14.1. The predicted octanol–water partition coefficient (Wildman–Crippen LogP) is 3.43. The Labute approximate surface area is 175 Å². The lowest BCUT2D eigenvalue weighted by molar-refractivity contribution is 0.589. The average molecular weight is 397 g/mol. The Morgan fingerprint density at radius 2 is 1.80 bits per heavy atom. The Balaban J connectivity index is 1.43. The molecule has 0 atom stereocenters. The van der Waals surface area contributed by atoms with E-state index in [0.29, 0.717) is 11.6 Å². The molecule has 1 aliphatic heterocycles. The molecule has 0 spiro atoms. The topological polar surface area (TPSA) is 92.0 Å². The molecule has 1 aliphatic rings. The molecule has 150 valence electrons. The first-order chi connectivity index (χ1) is 14.8. The first kappa shape index (κ1) is 18.3. The van der Waals surface area contributed by atoms with Crippen LogP contribution in [0.3, 0.4) is 0 Å². The van der Waals surface area contributed by atoms with Crippen molar-refractivity contribution < 1.29 is 0 Å². The van der Waals surface area contributed by atoms with Crippen LogP contribution in [0.5, 0.6) is 0 Å². The fourth-order valence-electron chi connectivity index (χ4n) is 3.72. The summed E-state index contributed by atoms with van der Waals surface area (Å²) in [6.45, 7) is 4.10. The number of piperazine rings is 1. The van der Waals surface area contributed by atoms with Crippen molar-refractivity contribution >= 4 is 33.9 Å². The number of fused-ring (bicyclic) bond motifs is 1.